The monoisotopic (exact) mass is 381 g/mol. The molecule has 1 unspecified atom stereocenters. The van der Waals surface area contributed by atoms with Crippen LogP contribution in [-0.4, -0.2) is 28.8 Å². The Morgan fingerprint density at radius 1 is 1.07 bits per heavy atom. The van der Waals surface area contributed by atoms with Crippen LogP contribution in [0.4, 0.5) is 4.39 Å². The SMILES string of the molecule is COc1ccc(-c2cc(C(=O)NC(C)C(C)C)n(-c3ccc(F)cc3)n2)cc1. The summed E-state index contributed by atoms with van der Waals surface area (Å²) >= 11 is 0. The Morgan fingerprint density at radius 2 is 1.71 bits per heavy atom. The number of amides is 1. The van der Waals surface area contributed by atoms with Crippen molar-refractivity contribution in [3.8, 4) is 22.7 Å². The third kappa shape index (κ3) is 4.22. The first-order chi connectivity index (χ1) is 13.4. The van der Waals surface area contributed by atoms with E-state index in [1.165, 1.54) is 12.1 Å². The molecule has 6 heteroatoms. The number of halogens is 1. The molecular formula is C22H24FN3O2. The van der Waals surface area contributed by atoms with Gasteiger partial charge in [-0.1, -0.05) is 13.8 Å². The van der Waals surface area contributed by atoms with Crippen molar-refractivity contribution in [1.29, 1.82) is 0 Å². The van der Waals surface area contributed by atoms with Gasteiger partial charge >= 0.3 is 0 Å². The van der Waals surface area contributed by atoms with Crippen LogP contribution in [-0.2, 0) is 0 Å². The third-order valence-electron chi connectivity index (χ3n) is 4.76. The molecule has 0 radical (unpaired) electrons. The van der Waals surface area contributed by atoms with Crippen LogP contribution in [0, 0.1) is 11.7 Å². The molecule has 146 valence electrons. The van der Waals surface area contributed by atoms with E-state index in [9.17, 15) is 9.18 Å². The van der Waals surface area contributed by atoms with Gasteiger partial charge in [0.2, 0.25) is 0 Å². The number of nitrogens with zero attached hydrogens (tertiary/aromatic N) is 2. The predicted octanol–water partition coefficient (Wildman–Crippen LogP) is 4.46. The number of benzene rings is 2. The van der Waals surface area contributed by atoms with Crippen molar-refractivity contribution < 1.29 is 13.9 Å². The van der Waals surface area contributed by atoms with Gasteiger partial charge in [0.1, 0.15) is 17.3 Å². The fourth-order valence-electron chi connectivity index (χ4n) is 2.67. The van der Waals surface area contributed by atoms with Gasteiger partial charge in [-0.05, 0) is 67.4 Å². The van der Waals surface area contributed by atoms with Gasteiger partial charge < -0.3 is 10.1 Å². The van der Waals surface area contributed by atoms with E-state index in [1.54, 1.807) is 30.0 Å². The van der Waals surface area contributed by atoms with Gasteiger partial charge in [-0.3, -0.25) is 4.79 Å². The van der Waals surface area contributed by atoms with Crippen LogP contribution in [0.3, 0.4) is 0 Å². The van der Waals surface area contributed by atoms with Gasteiger partial charge in [0.15, 0.2) is 0 Å². The molecule has 2 aromatic carbocycles. The number of carbonyl (C=O) groups is 1. The maximum atomic E-state index is 13.3. The number of hydrogen-bond acceptors (Lipinski definition) is 3. The lowest BCUT2D eigenvalue weighted by atomic mass is 10.1. The highest BCUT2D eigenvalue weighted by atomic mass is 19.1. The summed E-state index contributed by atoms with van der Waals surface area (Å²) in [7, 11) is 1.61. The highest BCUT2D eigenvalue weighted by Gasteiger charge is 2.20. The minimum absolute atomic E-state index is 0.00787. The first-order valence-corrected chi connectivity index (χ1v) is 9.20. The quantitative estimate of drug-likeness (QED) is 0.686. The van der Waals surface area contributed by atoms with Crippen LogP contribution in [0.15, 0.2) is 54.6 Å². The van der Waals surface area contributed by atoms with Gasteiger partial charge in [0.25, 0.3) is 5.91 Å². The molecular weight excluding hydrogens is 357 g/mol. The molecule has 1 aromatic heterocycles. The second kappa shape index (κ2) is 8.25. The normalized spacial score (nSPS) is 12.1. The van der Waals surface area contributed by atoms with Crippen molar-refractivity contribution >= 4 is 5.91 Å². The molecule has 0 fully saturated rings. The van der Waals surface area contributed by atoms with E-state index in [0.717, 1.165) is 11.3 Å². The number of carbonyl (C=O) groups excluding carboxylic acids is 1. The summed E-state index contributed by atoms with van der Waals surface area (Å²) in [5, 5.41) is 7.61. The molecule has 1 atom stereocenters. The first kappa shape index (κ1) is 19.6. The summed E-state index contributed by atoms with van der Waals surface area (Å²) in [5.74, 6) is 0.473. The summed E-state index contributed by atoms with van der Waals surface area (Å²) < 4.78 is 20.1. The lowest BCUT2D eigenvalue weighted by Gasteiger charge is -2.17. The molecule has 1 N–H and O–H groups in total. The van der Waals surface area contributed by atoms with E-state index in [4.69, 9.17) is 4.74 Å². The zero-order valence-corrected chi connectivity index (χ0v) is 16.4. The van der Waals surface area contributed by atoms with E-state index in [2.05, 4.69) is 10.4 Å². The lowest BCUT2D eigenvalue weighted by Crippen LogP contribution is -2.37. The van der Waals surface area contributed by atoms with Crippen LogP contribution in [0.5, 0.6) is 5.75 Å². The summed E-state index contributed by atoms with van der Waals surface area (Å²) in [6.45, 7) is 6.06. The van der Waals surface area contributed by atoms with Crippen LogP contribution in [0.2, 0.25) is 0 Å². The Kier molecular flexibility index (Phi) is 5.78. The molecule has 5 nitrogen and oxygen atoms in total. The molecule has 0 aliphatic rings. The molecule has 0 bridgehead atoms. The van der Waals surface area contributed by atoms with E-state index in [0.29, 0.717) is 23.0 Å². The van der Waals surface area contributed by atoms with Crippen molar-refractivity contribution in [1.82, 2.24) is 15.1 Å². The van der Waals surface area contributed by atoms with Crippen molar-refractivity contribution in [2.75, 3.05) is 7.11 Å². The number of methoxy groups -OCH3 is 1. The molecule has 0 saturated heterocycles. The number of aromatic nitrogens is 2. The molecule has 0 aliphatic carbocycles. The summed E-state index contributed by atoms with van der Waals surface area (Å²) in [6, 6.07) is 15.1. The van der Waals surface area contributed by atoms with Crippen LogP contribution in [0.25, 0.3) is 16.9 Å². The third-order valence-corrected chi connectivity index (χ3v) is 4.76. The second-order valence-electron chi connectivity index (χ2n) is 7.04. The fraction of sp³-hybridized carbons (Fsp3) is 0.273. The standard InChI is InChI=1S/C22H24FN3O2/c1-14(2)15(3)24-22(27)21-13-20(16-5-11-19(28-4)12-6-16)25-26(21)18-9-7-17(23)8-10-18/h5-15H,1-4H3,(H,24,27). The Hall–Kier alpha value is -3.15. The Balaban J connectivity index is 2.03. The van der Waals surface area contributed by atoms with Crippen LogP contribution >= 0.6 is 0 Å². The minimum atomic E-state index is -0.342. The molecule has 1 heterocycles. The topological polar surface area (TPSA) is 56.1 Å². The van der Waals surface area contributed by atoms with Gasteiger partial charge in [-0.15, -0.1) is 0 Å². The number of nitrogens with one attached hydrogen (secondary N) is 1. The fourth-order valence-corrected chi connectivity index (χ4v) is 2.67. The van der Waals surface area contributed by atoms with E-state index >= 15 is 0 Å². The molecule has 3 aromatic rings. The lowest BCUT2D eigenvalue weighted by molar-refractivity contribution is 0.0922. The minimum Gasteiger partial charge on any atom is -0.497 e. The highest BCUT2D eigenvalue weighted by Crippen LogP contribution is 2.24. The number of rotatable bonds is 6. The van der Waals surface area contributed by atoms with Crippen LogP contribution < -0.4 is 10.1 Å². The second-order valence-corrected chi connectivity index (χ2v) is 7.04. The molecule has 3 rings (SSSR count). The number of hydrogen-bond donors (Lipinski definition) is 1. The summed E-state index contributed by atoms with van der Waals surface area (Å²) in [5.41, 5.74) is 2.51. The van der Waals surface area contributed by atoms with E-state index in [1.807, 2.05) is 45.0 Å². The number of ether oxygens (including phenoxy) is 1. The maximum absolute atomic E-state index is 13.3. The summed E-state index contributed by atoms with van der Waals surface area (Å²) in [6.07, 6.45) is 0. The van der Waals surface area contributed by atoms with Gasteiger partial charge in [-0.25, -0.2) is 9.07 Å². The summed E-state index contributed by atoms with van der Waals surface area (Å²) in [4.78, 5) is 12.9. The van der Waals surface area contributed by atoms with Gasteiger partial charge in [0, 0.05) is 11.6 Å². The molecule has 0 aliphatic heterocycles. The van der Waals surface area contributed by atoms with Gasteiger partial charge in [-0.2, -0.15) is 5.10 Å². The Labute approximate surface area is 164 Å². The van der Waals surface area contributed by atoms with Crippen molar-refractivity contribution in [3.63, 3.8) is 0 Å². The van der Waals surface area contributed by atoms with E-state index < -0.39 is 0 Å². The first-order valence-electron chi connectivity index (χ1n) is 9.20. The Morgan fingerprint density at radius 3 is 2.29 bits per heavy atom. The molecule has 1 amide bonds. The molecule has 28 heavy (non-hydrogen) atoms. The average molecular weight is 381 g/mol. The van der Waals surface area contributed by atoms with Crippen molar-refractivity contribution in [3.05, 3.63) is 66.1 Å². The van der Waals surface area contributed by atoms with E-state index in [-0.39, 0.29) is 17.8 Å². The van der Waals surface area contributed by atoms with Crippen LogP contribution in [0.1, 0.15) is 31.3 Å². The molecule has 0 spiro atoms. The van der Waals surface area contributed by atoms with Crippen molar-refractivity contribution in [2.24, 2.45) is 5.92 Å². The smallest absolute Gasteiger partial charge is 0.270 e. The average Bonchev–Trinajstić information content (AvgIpc) is 3.14. The molecule has 0 saturated carbocycles. The predicted molar refractivity (Wildman–Crippen MR) is 107 cm³/mol. The van der Waals surface area contributed by atoms with Gasteiger partial charge in [0.05, 0.1) is 18.5 Å². The zero-order chi connectivity index (χ0) is 20.3. The highest BCUT2D eigenvalue weighted by molar-refractivity contribution is 5.94. The zero-order valence-electron chi connectivity index (χ0n) is 16.4. The maximum Gasteiger partial charge on any atom is 0.270 e. The van der Waals surface area contributed by atoms with Crippen molar-refractivity contribution in [2.45, 2.75) is 26.8 Å². The largest absolute Gasteiger partial charge is 0.497 e. The Bertz CT molecular complexity index is 947.